The first kappa shape index (κ1) is 37.6. The van der Waals surface area contributed by atoms with E-state index in [1.165, 1.54) is 63.7 Å². The summed E-state index contributed by atoms with van der Waals surface area (Å²) in [5, 5.41) is 16.9. The lowest BCUT2D eigenvalue weighted by molar-refractivity contribution is 0.817. The molecule has 1 aliphatic heterocycles. The number of hydrogen-bond acceptors (Lipinski definition) is 2. The van der Waals surface area contributed by atoms with Gasteiger partial charge in [0.1, 0.15) is 0 Å². The molecule has 0 radical (unpaired) electrons. The first-order valence-corrected chi connectivity index (χ1v) is 24.6. The second-order valence-corrected chi connectivity index (χ2v) is 27.6. The van der Waals surface area contributed by atoms with Gasteiger partial charge in [-0.25, -0.2) is 0 Å². The van der Waals surface area contributed by atoms with Crippen LogP contribution in [0, 0.1) is 22.3 Å². The third-order valence-corrected chi connectivity index (χ3v) is 24.8. The second-order valence-electron chi connectivity index (χ2n) is 16.3. The number of rotatable bonds is 6. The minimum Gasteiger partial charge on any atom is -0.170 e. The third kappa shape index (κ3) is 5.70. The topological polar surface area (TPSA) is 0 Å². The van der Waals surface area contributed by atoms with Gasteiger partial charge in [-0.1, -0.05) is 156 Å². The van der Waals surface area contributed by atoms with E-state index >= 15 is 0 Å². The van der Waals surface area contributed by atoms with Crippen LogP contribution in [0.25, 0.3) is 37.0 Å². The summed E-state index contributed by atoms with van der Waals surface area (Å²) in [7, 11) is -2.51. The quantitative estimate of drug-likeness (QED) is 0.155. The molecule has 1 aliphatic carbocycles. The van der Waals surface area contributed by atoms with Gasteiger partial charge < -0.3 is 0 Å². The zero-order chi connectivity index (χ0) is 37.3. The Morgan fingerprint density at radius 2 is 1.12 bits per heavy atom. The molecule has 2 atom stereocenters. The third-order valence-electron chi connectivity index (χ3n) is 11.9. The molecule has 7 rings (SSSR count). The van der Waals surface area contributed by atoms with Gasteiger partial charge in [-0.2, -0.15) is 20.1 Å². The van der Waals surface area contributed by atoms with Gasteiger partial charge in [0.05, 0.1) is 0 Å². The summed E-state index contributed by atoms with van der Waals surface area (Å²) in [4.78, 5) is 1.40. The molecule has 0 bridgehead atoms. The predicted molar refractivity (Wildman–Crippen MR) is 243 cm³/mol. The van der Waals surface area contributed by atoms with E-state index in [-0.39, 0.29) is 5.25 Å². The molecule has 0 fully saturated rings. The molecule has 272 valence electrons. The highest BCUT2D eigenvalue weighted by Gasteiger charge is 2.40. The predicted octanol–water partition coefficient (Wildman–Crippen LogP) is 14.8. The Hall–Kier alpha value is -2.73. The van der Waals surface area contributed by atoms with Crippen LogP contribution < -0.4 is 0 Å². The fourth-order valence-electron chi connectivity index (χ4n) is 9.66. The van der Waals surface area contributed by atoms with Crippen LogP contribution in [0.1, 0.15) is 122 Å². The smallest absolute Gasteiger partial charge is 0.0467 e. The number of hydrogen-bond donors (Lipinski definition) is 0. The number of thioether (sulfide) groups is 1. The number of thiophene rings is 1. The van der Waals surface area contributed by atoms with Crippen LogP contribution in [-0.2, 0) is 0 Å². The Labute approximate surface area is 325 Å². The van der Waals surface area contributed by atoms with E-state index in [9.17, 15) is 0 Å². The Balaban J connectivity index is 1.67. The van der Waals surface area contributed by atoms with Crippen molar-refractivity contribution in [2.24, 2.45) is 0 Å². The summed E-state index contributed by atoms with van der Waals surface area (Å²) in [6.07, 6.45) is 4.94. The first-order valence-electron chi connectivity index (χ1n) is 19.3. The normalized spacial score (nSPS) is 17.7. The fraction of sp³-hybridized carbons (Fsp3) is 0.417. The number of benzene rings is 4. The highest BCUT2D eigenvalue weighted by atomic mass is 32.3. The van der Waals surface area contributed by atoms with Crippen molar-refractivity contribution in [1.29, 1.82) is 0 Å². The zero-order valence-corrected chi connectivity index (χ0v) is 36.4. The van der Waals surface area contributed by atoms with Crippen LogP contribution in [0.3, 0.4) is 0 Å². The molecular formula is C48H56S4. The highest BCUT2D eigenvalue weighted by Crippen LogP contribution is 2.63. The van der Waals surface area contributed by atoms with E-state index < -0.39 is 20.1 Å². The van der Waals surface area contributed by atoms with Gasteiger partial charge in [0.15, 0.2) is 0 Å². The standard InChI is InChI=1S/C48H56S4/c1-29(2)51(30(3)4,31(5)6)27-25-39-37-21-23-42-36-18-14-16-20-44(36)50-48(42)46(37)40(26-28-52(32(7)8,33(9)10)34(11)12)38-22-24-41-35-17-13-15-19-43(35)49-47(41)45(38)39/h13-24,29-34,41,47H,1-12H3. The molecular weight excluding hydrogens is 705 g/mol. The maximum Gasteiger partial charge on any atom is 0.0467 e. The minimum absolute atomic E-state index is 0.267. The van der Waals surface area contributed by atoms with E-state index in [4.69, 9.17) is 0 Å². The van der Waals surface area contributed by atoms with Crippen molar-refractivity contribution in [3.05, 3.63) is 94.6 Å². The number of allylic oxidation sites excluding steroid dienone is 1. The monoisotopic (exact) mass is 760 g/mol. The lowest BCUT2D eigenvalue weighted by Crippen LogP contribution is -2.27. The first-order chi connectivity index (χ1) is 24.7. The van der Waals surface area contributed by atoms with Gasteiger partial charge in [0, 0.05) is 58.1 Å². The Morgan fingerprint density at radius 1 is 0.577 bits per heavy atom. The van der Waals surface area contributed by atoms with Gasteiger partial charge in [-0.3, -0.25) is 0 Å². The molecule has 0 N–H and O–H groups in total. The molecule has 4 aromatic carbocycles. The van der Waals surface area contributed by atoms with E-state index in [1.807, 2.05) is 23.1 Å². The van der Waals surface area contributed by atoms with Crippen molar-refractivity contribution in [2.45, 2.75) is 131 Å². The molecule has 2 heterocycles. The van der Waals surface area contributed by atoms with Crippen LogP contribution in [0.5, 0.6) is 0 Å². The molecule has 1 aromatic heterocycles. The molecule has 2 unspecified atom stereocenters. The van der Waals surface area contributed by atoms with Crippen molar-refractivity contribution in [3.8, 4) is 22.3 Å². The van der Waals surface area contributed by atoms with Gasteiger partial charge >= 0.3 is 0 Å². The van der Waals surface area contributed by atoms with Gasteiger partial charge in [-0.15, -0.1) is 23.1 Å². The zero-order valence-electron chi connectivity index (χ0n) is 33.2. The summed E-state index contributed by atoms with van der Waals surface area (Å²) in [5.74, 6) is 8.50. The van der Waals surface area contributed by atoms with Crippen LogP contribution in [0.2, 0.25) is 0 Å². The van der Waals surface area contributed by atoms with Crippen LogP contribution >= 0.6 is 43.2 Å². The van der Waals surface area contributed by atoms with Crippen molar-refractivity contribution >= 4 is 80.2 Å². The summed E-state index contributed by atoms with van der Waals surface area (Å²) in [6, 6.07) is 22.8. The summed E-state index contributed by atoms with van der Waals surface area (Å²) in [6.45, 7) is 28.9. The highest BCUT2D eigenvalue weighted by molar-refractivity contribution is 8.39. The largest absolute Gasteiger partial charge is 0.170 e. The maximum atomic E-state index is 4.16. The SMILES string of the molecule is CC(C)S(C#Cc1c2c(c(C#CS(C(C)C)(C(C)C)C(C)C)c3c1ccc1c4ccccc4sc13)C=CC1c3ccccc3SC21)(C(C)C)C(C)C. The molecule has 2 aliphatic rings. The minimum atomic E-state index is -1.26. The van der Waals surface area contributed by atoms with E-state index in [0.717, 1.165) is 0 Å². The van der Waals surface area contributed by atoms with Crippen molar-refractivity contribution in [1.82, 2.24) is 0 Å². The lowest BCUT2D eigenvalue weighted by Gasteiger charge is -2.46. The molecule has 0 spiro atoms. The molecule has 5 aromatic rings. The Bertz CT molecular complexity index is 2300. The van der Waals surface area contributed by atoms with Gasteiger partial charge in [-0.05, 0) is 70.8 Å². The molecule has 0 saturated heterocycles. The molecule has 4 heteroatoms. The average Bonchev–Trinajstić information content (AvgIpc) is 3.66. The van der Waals surface area contributed by atoms with Crippen LogP contribution in [-0.4, -0.2) is 31.5 Å². The van der Waals surface area contributed by atoms with Crippen LogP contribution in [0.15, 0.2) is 71.6 Å². The number of fused-ring (bicyclic) bond motifs is 10. The van der Waals surface area contributed by atoms with Gasteiger partial charge in [0.2, 0.25) is 0 Å². The molecule has 52 heavy (non-hydrogen) atoms. The van der Waals surface area contributed by atoms with E-state index in [2.05, 4.69) is 178 Å². The van der Waals surface area contributed by atoms with Crippen molar-refractivity contribution in [3.63, 3.8) is 0 Å². The van der Waals surface area contributed by atoms with Crippen LogP contribution in [0.4, 0.5) is 0 Å². The maximum absolute atomic E-state index is 4.16. The van der Waals surface area contributed by atoms with Gasteiger partial charge in [0.25, 0.3) is 0 Å². The second kappa shape index (κ2) is 14.2. The summed E-state index contributed by atoms with van der Waals surface area (Å²) in [5.41, 5.74) is 6.61. The van der Waals surface area contributed by atoms with Crippen molar-refractivity contribution < 1.29 is 0 Å². The average molecular weight is 761 g/mol. The Kier molecular flexibility index (Phi) is 10.2. The molecule has 0 amide bonds. The summed E-state index contributed by atoms with van der Waals surface area (Å²) >= 11 is 3.97. The summed E-state index contributed by atoms with van der Waals surface area (Å²) < 4.78 is 2.68. The van der Waals surface area contributed by atoms with E-state index in [1.54, 1.807) is 0 Å². The van der Waals surface area contributed by atoms with Crippen molar-refractivity contribution in [2.75, 3.05) is 0 Å². The van der Waals surface area contributed by atoms with E-state index in [0.29, 0.717) is 37.4 Å². The molecule has 0 nitrogen and oxygen atoms in total. The lowest BCUT2D eigenvalue weighted by atomic mass is 9.79. The molecule has 0 saturated carbocycles. The fourth-order valence-corrected chi connectivity index (χ4v) is 20.9. The Morgan fingerprint density at radius 3 is 1.73 bits per heavy atom.